The number of aromatic nitrogens is 3. The topological polar surface area (TPSA) is 67.8 Å². The summed E-state index contributed by atoms with van der Waals surface area (Å²) in [5.74, 6) is 0.172. The van der Waals surface area contributed by atoms with Crippen LogP contribution in [-0.2, 0) is 0 Å². The highest BCUT2D eigenvalue weighted by Gasteiger charge is 2.07. The molecule has 3 rings (SSSR count). The highest BCUT2D eigenvalue weighted by atomic mass is 16.1. The Morgan fingerprint density at radius 3 is 2.63 bits per heavy atom. The standard InChI is InChI=1S/C14H10N4O/c19-14(10-4-3-7-15-8-10)18-13-9-16-11-5-1-2-6-12(11)17-13/h1-9H,(H,17,18,19). The molecule has 1 N–H and O–H groups in total. The summed E-state index contributed by atoms with van der Waals surface area (Å²) in [6.07, 6.45) is 4.66. The number of nitrogens with zero attached hydrogens (tertiary/aromatic N) is 3. The molecule has 0 atom stereocenters. The molecule has 0 aliphatic rings. The van der Waals surface area contributed by atoms with E-state index in [4.69, 9.17) is 0 Å². The van der Waals surface area contributed by atoms with Gasteiger partial charge in [-0.2, -0.15) is 0 Å². The van der Waals surface area contributed by atoms with Gasteiger partial charge in [-0.15, -0.1) is 0 Å². The molecule has 0 saturated heterocycles. The van der Waals surface area contributed by atoms with Crippen molar-refractivity contribution >= 4 is 22.8 Å². The molecule has 5 nitrogen and oxygen atoms in total. The van der Waals surface area contributed by atoms with Crippen LogP contribution in [0.5, 0.6) is 0 Å². The number of para-hydroxylation sites is 2. The first-order chi connectivity index (χ1) is 9.33. The van der Waals surface area contributed by atoms with Crippen LogP contribution in [0, 0.1) is 0 Å². The highest BCUT2D eigenvalue weighted by Crippen LogP contribution is 2.12. The second-order valence-electron chi connectivity index (χ2n) is 3.94. The second-order valence-corrected chi connectivity index (χ2v) is 3.94. The molecule has 19 heavy (non-hydrogen) atoms. The summed E-state index contributed by atoms with van der Waals surface area (Å²) >= 11 is 0. The van der Waals surface area contributed by atoms with E-state index in [1.807, 2.05) is 24.3 Å². The van der Waals surface area contributed by atoms with Crippen molar-refractivity contribution in [2.45, 2.75) is 0 Å². The minimum atomic E-state index is -0.252. The summed E-state index contributed by atoms with van der Waals surface area (Å²) in [5, 5.41) is 2.70. The van der Waals surface area contributed by atoms with Gasteiger partial charge in [-0.3, -0.25) is 14.8 Å². The summed E-state index contributed by atoms with van der Waals surface area (Å²) in [4.78, 5) is 24.4. The third-order valence-corrected chi connectivity index (χ3v) is 2.61. The smallest absolute Gasteiger partial charge is 0.258 e. The first kappa shape index (κ1) is 11.3. The van der Waals surface area contributed by atoms with E-state index in [1.165, 1.54) is 12.4 Å². The number of fused-ring (bicyclic) bond motifs is 1. The zero-order valence-corrected chi connectivity index (χ0v) is 9.95. The van der Waals surface area contributed by atoms with Crippen LogP contribution < -0.4 is 5.32 Å². The number of carbonyl (C=O) groups excluding carboxylic acids is 1. The molecule has 0 spiro atoms. The predicted molar refractivity (Wildman–Crippen MR) is 71.7 cm³/mol. The number of carbonyl (C=O) groups is 1. The Morgan fingerprint density at radius 1 is 1.00 bits per heavy atom. The molecular formula is C14H10N4O. The Balaban J connectivity index is 1.87. The van der Waals surface area contributed by atoms with E-state index in [0.717, 1.165) is 11.0 Å². The van der Waals surface area contributed by atoms with E-state index in [0.29, 0.717) is 11.4 Å². The van der Waals surface area contributed by atoms with E-state index >= 15 is 0 Å². The number of hydrogen-bond donors (Lipinski definition) is 1. The van der Waals surface area contributed by atoms with Gasteiger partial charge in [-0.25, -0.2) is 4.98 Å². The van der Waals surface area contributed by atoms with Gasteiger partial charge in [0.25, 0.3) is 5.91 Å². The summed E-state index contributed by atoms with van der Waals surface area (Å²) in [7, 11) is 0. The van der Waals surface area contributed by atoms with Crippen molar-refractivity contribution in [2.75, 3.05) is 5.32 Å². The molecule has 0 bridgehead atoms. The Kier molecular flexibility index (Phi) is 2.86. The molecule has 0 radical (unpaired) electrons. The number of hydrogen-bond acceptors (Lipinski definition) is 4. The SMILES string of the molecule is O=C(Nc1cnc2ccccc2n1)c1cccnc1. The van der Waals surface area contributed by atoms with Crippen molar-refractivity contribution in [3.63, 3.8) is 0 Å². The summed E-state index contributed by atoms with van der Waals surface area (Å²) in [5.41, 5.74) is 2.02. The fourth-order valence-corrected chi connectivity index (χ4v) is 1.70. The van der Waals surface area contributed by atoms with Crippen molar-refractivity contribution in [1.82, 2.24) is 15.0 Å². The van der Waals surface area contributed by atoms with Gasteiger partial charge < -0.3 is 5.32 Å². The molecule has 1 aromatic carbocycles. The van der Waals surface area contributed by atoms with Gasteiger partial charge >= 0.3 is 0 Å². The van der Waals surface area contributed by atoms with E-state index in [1.54, 1.807) is 18.3 Å². The maximum absolute atomic E-state index is 11.9. The third-order valence-electron chi connectivity index (χ3n) is 2.61. The lowest BCUT2D eigenvalue weighted by atomic mass is 10.2. The number of pyridine rings is 1. The normalized spacial score (nSPS) is 10.3. The first-order valence-electron chi connectivity index (χ1n) is 5.76. The number of nitrogens with one attached hydrogen (secondary N) is 1. The molecule has 92 valence electrons. The number of anilines is 1. The highest BCUT2D eigenvalue weighted by molar-refractivity contribution is 6.03. The molecule has 0 aliphatic heterocycles. The molecule has 0 fully saturated rings. The van der Waals surface area contributed by atoms with E-state index in [-0.39, 0.29) is 5.91 Å². The Morgan fingerprint density at radius 2 is 1.84 bits per heavy atom. The maximum atomic E-state index is 11.9. The van der Waals surface area contributed by atoms with Gasteiger partial charge in [0, 0.05) is 12.4 Å². The van der Waals surface area contributed by atoms with Gasteiger partial charge in [-0.1, -0.05) is 12.1 Å². The fourth-order valence-electron chi connectivity index (χ4n) is 1.70. The Labute approximate surface area is 109 Å². The quantitative estimate of drug-likeness (QED) is 0.757. The molecule has 1 amide bonds. The lowest BCUT2D eigenvalue weighted by Crippen LogP contribution is -2.13. The fraction of sp³-hybridized carbons (Fsp3) is 0. The van der Waals surface area contributed by atoms with E-state index < -0.39 is 0 Å². The number of amides is 1. The second kappa shape index (κ2) is 4.81. The monoisotopic (exact) mass is 250 g/mol. The van der Waals surface area contributed by atoms with Crippen LogP contribution in [0.25, 0.3) is 11.0 Å². The predicted octanol–water partition coefficient (Wildman–Crippen LogP) is 2.28. The summed E-state index contributed by atoms with van der Waals surface area (Å²) in [6.45, 7) is 0. The van der Waals surface area contributed by atoms with Gasteiger partial charge in [0.15, 0.2) is 5.82 Å². The number of benzene rings is 1. The van der Waals surface area contributed by atoms with Gasteiger partial charge in [0.2, 0.25) is 0 Å². The first-order valence-corrected chi connectivity index (χ1v) is 5.76. The van der Waals surface area contributed by atoms with Crippen molar-refractivity contribution in [3.8, 4) is 0 Å². The molecule has 3 aromatic rings. The molecule has 0 saturated carbocycles. The molecular weight excluding hydrogens is 240 g/mol. The Hall–Kier alpha value is -2.82. The zero-order chi connectivity index (χ0) is 13.1. The largest absolute Gasteiger partial charge is 0.305 e. The molecule has 2 aromatic heterocycles. The van der Waals surface area contributed by atoms with Gasteiger partial charge in [-0.05, 0) is 24.3 Å². The van der Waals surface area contributed by atoms with Crippen LogP contribution in [0.4, 0.5) is 5.82 Å². The lowest BCUT2D eigenvalue weighted by Gasteiger charge is -2.04. The minimum Gasteiger partial charge on any atom is -0.305 e. The van der Waals surface area contributed by atoms with Crippen molar-refractivity contribution in [3.05, 3.63) is 60.6 Å². The van der Waals surface area contributed by atoms with Crippen LogP contribution in [0.15, 0.2) is 55.0 Å². The van der Waals surface area contributed by atoms with E-state index in [9.17, 15) is 4.79 Å². The molecule has 2 heterocycles. The van der Waals surface area contributed by atoms with Gasteiger partial charge in [0.1, 0.15) is 0 Å². The average molecular weight is 250 g/mol. The average Bonchev–Trinajstić information content (AvgIpc) is 2.48. The van der Waals surface area contributed by atoms with Crippen molar-refractivity contribution in [2.24, 2.45) is 0 Å². The summed E-state index contributed by atoms with van der Waals surface area (Å²) in [6, 6.07) is 10.9. The van der Waals surface area contributed by atoms with Crippen LogP contribution in [0.1, 0.15) is 10.4 Å². The van der Waals surface area contributed by atoms with Crippen LogP contribution in [0.3, 0.4) is 0 Å². The van der Waals surface area contributed by atoms with Crippen LogP contribution >= 0.6 is 0 Å². The van der Waals surface area contributed by atoms with Crippen molar-refractivity contribution < 1.29 is 4.79 Å². The van der Waals surface area contributed by atoms with E-state index in [2.05, 4.69) is 20.3 Å². The maximum Gasteiger partial charge on any atom is 0.258 e. The zero-order valence-electron chi connectivity index (χ0n) is 9.95. The van der Waals surface area contributed by atoms with Crippen LogP contribution in [0.2, 0.25) is 0 Å². The van der Waals surface area contributed by atoms with Gasteiger partial charge in [0.05, 0.1) is 22.8 Å². The molecule has 0 unspecified atom stereocenters. The minimum absolute atomic E-state index is 0.252. The summed E-state index contributed by atoms with van der Waals surface area (Å²) < 4.78 is 0. The number of rotatable bonds is 2. The Bertz CT molecular complexity index is 728. The van der Waals surface area contributed by atoms with Crippen molar-refractivity contribution in [1.29, 1.82) is 0 Å². The molecule has 0 aliphatic carbocycles. The lowest BCUT2D eigenvalue weighted by molar-refractivity contribution is 0.102. The molecule has 5 heteroatoms. The third kappa shape index (κ3) is 2.40. The van der Waals surface area contributed by atoms with Crippen LogP contribution in [-0.4, -0.2) is 20.9 Å².